The lowest BCUT2D eigenvalue weighted by Crippen LogP contribution is -2.46. The maximum absolute atomic E-state index is 14.5. The van der Waals surface area contributed by atoms with Crippen LogP contribution in [0, 0.1) is 17.0 Å². The average Bonchev–Trinajstić information content (AvgIpc) is 2.84. The molecule has 0 bridgehead atoms. The van der Waals surface area contributed by atoms with Crippen LogP contribution in [0.25, 0.3) is 0 Å². The zero-order chi connectivity index (χ0) is 24.8. The maximum atomic E-state index is 14.5. The third-order valence-electron chi connectivity index (χ3n) is 5.05. The van der Waals surface area contributed by atoms with Gasteiger partial charge < -0.3 is 26.4 Å². The molecule has 9 nitrogen and oxygen atoms in total. The van der Waals surface area contributed by atoms with Crippen LogP contribution in [-0.2, 0) is 6.54 Å². The fourth-order valence-electron chi connectivity index (χ4n) is 3.42. The van der Waals surface area contributed by atoms with Crippen molar-refractivity contribution < 1.29 is 13.5 Å². The van der Waals surface area contributed by atoms with E-state index in [0.29, 0.717) is 17.9 Å². The van der Waals surface area contributed by atoms with Crippen molar-refractivity contribution >= 4 is 28.9 Å². The van der Waals surface area contributed by atoms with Gasteiger partial charge in [-0.05, 0) is 25.1 Å². The summed E-state index contributed by atoms with van der Waals surface area (Å²) in [5.74, 6) is -1.03. The molecule has 35 heavy (non-hydrogen) atoms. The van der Waals surface area contributed by atoms with Crippen LogP contribution in [0.2, 0.25) is 0 Å². The minimum absolute atomic E-state index is 0.0279. The molecule has 11 heteroatoms. The van der Waals surface area contributed by atoms with Crippen molar-refractivity contribution in [3.63, 3.8) is 0 Å². The highest BCUT2D eigenvalue weighted by Crippen LogP contribution is 2.23. The van der Waals surface area contributed by atoms with E-state index in [2.05, 4.69) is 30.9 Å². The summed E-state index contributed by atoms with van der Waals surface area (Å²) < 4.78 is 34.1. The second-order valence-corrected chi connectivity index (χ2v) is 7.44. The number of anilines is 2. The number of ether oxygens (including phenoxy) is 1. The quantitative estimate of drug-likeness (QED) is 0.299. The lowest BCUT2D eigenvalue weighted by atomic mass is 10.1. The van der Waals surface area contributed by atoms with Gasteiger partial charge in [0, 0.05) is 53.6 Å². The van der Waals surface area contributed by atoms with Crippen LogP contribution in [0.3, 0.4) is 0 Å². The van der Waals surface area contributed by atoms with Crippen molar-refractivity contribution in [1.82, 2.24) is 10.3 Å². The number of guanidine groups is 1. The fraction of sp³-hybridized carbons (Fsp3) is 0.167. The number of nitrogens with one attached hydrogen (secondary N) is 4. The number of halogens is 2. The first-order valence-electron chi connectivity index (χ1n) is 10.8. The SMILES string of the molecule is CCOc1cc(F)c(CNc2ccccc2C(=N)C2=NC(Nc3ccncc3)N=C(N)N2)c(F)c1. The summed E-state index contributed by atoms with van der Waals surface area (Å²) in [6.07, 6.45) is 2.50. The van der Waals surface area contributed by atoms with E-state index in [1.807, 2.05) is 0 Å². The second kappa shape index (κ2) is 10.6. The Morgan fingerprint density at radius 1 is 1.11 bits per heavy atom. The first kappa shape index (κ1) is 23.6. The molecule has 0 spiro atoms. The molecule has 0 saturated carbocycles. The van der Waals surface area contributed by atoms with E-state index in [4.69, 9.17) is 15.9 Å². The maximum Gasteiger partial charge on any atom is 0.219 e. The van der Waals surface area contributed by atoms with Gasteiger partial charge in [0.2, 0.25) is 6.29 Å². The van der Waals surface area contributed by atoms with Gasteiger partial charge in [-0.25, -0.2) is 18.8 Å². The highest BCUT2D eigenvalue weighted by Gasteiger charge is 2.21. The number of pyridine rings is 1. The predicted octanol–water partition coefficient (Wildman–Crippen LogP) is 3.45. The summed E-state index contributed by atoms with van der Waals surface area (Å²) in [5.41, 5.74) is 7.51. The number of amidine groups is 1. The molecule has 0 fully saturated rings. The van der Waals surface area contributed by atoms with Crippen LogP contribution in [0.5, 0.6) is 5.75 Å². The number of hydrogen-bond donors (Lipinski definition) is 5. The highest BCUT2D eigenvalue weighted by molar-refractivity contribution is 6.49. The Labute approximate surface area is 200 Å². The number of nitrogens with two attached hydrogens (primary N) is 1. The van der Waals surface area contributed by atoms with Gasteiger partial charge in [-0.1, -0.05) is 18.2 Å². The van der Waals surface area contributed by atoms with Gasteiger partial charge in [-0.2, -0.15) is 0 Å². The highest BCUT2D eigenvalue weighted by atomic mass is 19.1. The minimum atomic E-state index is -0.749. The monoisotopic (exact) mass is 478 g/mol. The normalized spacial score (nSPS) is 14.9. The third kappa shape index (κ3) is 5.69. The summed E-state index contributed by atoms with van der Waals surface area (Å²) >= 11 is 0. The first-order valence-corrected chi connectivity index (χ1v) is 10.8. The van der Waals surface area contributed by atoms with Crippen molar-refractivity contribution in [3.05, 3.63) is 83.7 Å². The number of rotatable bonds is 9. The van der Waals surface area contributed by atoms with Gasteiger partial charge in [0.25, 0.3) is 0 Å². The predicted molar refractivity (Wildman–Crippen MR) is 132 cm³/mol. The molecule has 1 aliphatic rings. The number of nitrogens with zero attached hydrogens (tertiary/aromatic N) is 3. The average molecular weight is 479 g/mol. The summed E-state index contributed by atoms with van der Waals surface area (Å²) in [4.78, 5) is 12.6. The number of para-hydroxylation sites is 1. The lowest BCUT2D eigenvalue weighted by Gasteiger charge is -2.22. The molecule has 1 unspecified atom stereocenters. The molecule has 4 rings (SSSR count). The van der Waals surface area contributed by atoms with Crippen LogP contribution in [0.15, 0.2) is 70.9 Å². The van der Waals surface area contributed by atoms with Crippen LogP contribution in [0.1, 0.15) is 18.1 Å². The van der Waals surface area contributed by atoms with Crippen LogP contribution < -0.4 is 26.4 Å². The van der Waals surface area contributed by atoms with Crippen molar-refractivity contribution in [1.29, 1.82) is 5.41 Å². The molecule has 6 N–H and O–H groups in total. The molecular weight excluding hydrogens is 454 g/mol. The number of benzene rings is 2. The zero-order valence-electron chi connectivity index (χ0n) is 18.8. The molecule has 3 aromatic rings. The molecule has 0 radical (unpaired) electrons. The molecule has 1 aromatic heterocycles. The van der Waals surface area contributed by atoms with Crippen molar-refractivity contribution in [3.8, 4) is 5.75 Å². The van der Waals surface area contributed by atoms with E-state index in [1.54, 1.807) is 55.7 Å². The van der Waals surface area contributed by atoms with Gasteiger partial charge in [-0.15, -0.1) is 0 Å². The molecule has 180 valence electrons. The molecular formula is C24H24F2N8O. The standard InChI is InChI=1S/C24H24F2N8O/c1-2-35-15-11-18(25)17(19(26)12-15)13-30-20-6-4-3-5-16(20)21(27)22-32-23(28)34-24(33-22)31-14-7-9-29-10-8-14/h3-12,24,27,30H,2,13H2,1H3,(H,29,31)(H3,28,32,33,34). The van der Waals surface area contributed by atoms with Gasteiger partial charge in [0.15, 0.2) is 11.8 Å². The molecule has 0 saturated heterocycles. The topological polar surface area (TPSA) is 133 Å². The van der Waals surface area contributed by atoms with Crippen molar-refractivity contribution in [2.24, 2.45) is 15.7 Å². The Morgan fingerprint density at radius 3 is 2.54 bits per heavy atom. The molecule has 2 heterocycles. The van der Waals surface area contributed by atoms with Crippen molar-refractivity contribution in [2.45, 2.75) is 19.8 Å². The third-order valence-corrected chi connectivity index (χ3v) is 5.05. The Bertz CT molecular complexity index is 1260. The van der Waals surface area contributed by atoms with Crippen molar-refractivity contribution in [2.75, 3.05) is 17.2 Å². The number of hydrogen-bond acceptors (Lipinski definition) is 9. The van der Waals surface area contributed by atoms with Gasteiger partial charge in [-0.3, -0.25) is 10.4 Å². The summed E-state index contributed by atoms with van der Waals surface area (Å²) in [6, 6.07) is 12.7. The summed E-state index contributed by atoms with van der Waals surface area (Å²) in [7, 11) is 0. The van der Waals surface area contributed by atoms with E-state index in [1.165, 1.54) is 0 Å². The Hall–Kier alpha value is -4.54. The molecule has 0 aliphatic carbocycles. The lowest BCUT2D eigenvalue weighted by molar-refractivity contribution is 0.335. The van der Waals surface area contributed by atoms with Gasteiger partial charge >= 0.3 is 0 Å². The first-order chi connectivity index (χ1) is 16.9. The van der Waals surface area contributed by atoms with E-state index in [-0.39, 0.29) is 35.4 Å². The van der Waals surface area contributed by atoms with E-state index < -0.39 is 17.9 Å². The number of aliphatic imine (C=N–C) groups is 2. The number of aromatic nitrogens is 1. The Morgan fingerprint density at radius 2 is 1.83 bits per heavy atom. The Balaban J connectivity index is 1.53. The zero-order valence-corrected chi connectivity index (χ0v) is 18.8. The van der Waals surface area contributed by atoms with E-state index in [0.717, 1.165) is 17.8 Å². The van der Waals surface area contributed by atoms with Crippen LogP contribution in [-0.4, -0.2) is 35.4 Å². The molecule has 1 atom stereocenters. The minimum Gasteiger partial charge on any atom is -0.494 e. The van der Waals surface area contributed by atoms with Crippen LogP contribution >= 0.6 is 0 Å². The van der Waals surface area contributed by atoms with E-state index >= 15 is 0 Å². The molecule has 0 amide bonds. The summed E-state index contributed by atoms with van der Waals surface area (Å²) in [6.45, 7) is 1.90. The summed E-state index contributed by atoms with van der Waals surface area (Å²) in [5, 5.41) is 17.6. The van der Waals surface area contributed by atoms with Gasteiger partial charge in [0.05, 0.1) is 6.61 Å². The second-order valence-electron chi connectivity index (χ2n) is 7.44. The smallest absolute Gasteiger partial charge is 0.219 e. The Kier molecular flexibility index (Phi) is 7.15. The molecule has 1 aliphatic heterocycles. The van der Waals surface area contributed by atoms with Gasteiger partial charge in [0.1, 0.15) is 23.1 Å². The largest absolute Gasteiger partial charge is 0.494 e. The fourth-order valence-corrected chi connectivity index (χ4v) is 3.42. The molecule has 2 aromatic carbocycles. The van der Waals surface area contributed by atoms with E-state index in [9.17, 15) is 8.78 Å². The van der Waals surface area contributed by atoms with Crippen LogP contribution in [0.4, 0.5) is 20.2 Å².